The van der Waals surface area contributed by atoms with Crippen molar-refractivity contribution in [3.8, 4) is 0 Å². The maximum absolute atomic E-state index is 12.6. The van der Waals surface area contributed by atoms with Gasteiger partial charge in [0.1, 0.15) is 5.41 Å². The Morgan fingerprint density at radius 1 is 1.11 bits per heavy atom. The second-order valence-electron chi connectivity index (χ2n) is 8.71. The van der Waals surface area contributed by atoms with Gasteiger partial charge >= 0.3 is 0 Å². The standard InChI is InChI=1S/C22H36N4O2/c1-17-11-15-26(16-12-17)19-9-7-18(8-10-19)24-21(28)22(2,3)20(27)23-13-6-14-25(4)5/h7-10,17H,6,11-16H2,1-5H3,(H,23,27)(H,24,28). The number of amides is 2. The molecule has 2 rings (SSSR count). The molecule has 6 nitrogen and oxygen atoms in total. The zero-order chi connectivity index (χ0) is 20.7. The van der Waals surface area contributed by atoms with Gasteiger partial charge in [-0.2, -0.15) is 0 Å². The Bertz CT molecular complexity index is 647. The normalized spacial score (nSPS) is 15.6. The summed E-state index contributed by atoms with van der Waals surface area (Å²) in [5.74, 6) is 0.256. The Balaban J connectivity index is 1.87. The third-order valence-electron chi connectivity index (χ3n) is 5.48. The molecule has 0 spiro atoms. The van der Waals surface area contributed by atoms with Crippen molar-refractivity contribution in [2.45, 2.75) is 40.0 Å². The Kier molecular flexibility index (Phi) is 7.87. The van der Waals surface area contributed by atoms with Crippen LogP contribution >= 0.6 is 0 Å². The number of rotatable bonds is 8. The van der Waals surface area contributed by atoms with Crippen LogP contribution in [0.4, 0.5) is 11.4 Å². The van der Waals surface area contributed by atoms with Crippen LogP contribution in [0.1, 0.15) is 40.0 Å². The number of nitrogens with one attached hydrogen (secondary N) is 2. The topological polar surface area (TPSA) is 64.7 Å². The highest BCUT2D eigenvalue weighted by atomic mass is 16.2. The summed E-state index contributed by atoms with van der Waals surface area (Å²) in [7, 11) is 3.99. The molecule has 0 radical (unpaired) electrons. The molecule has 1 saturated heterocycles. The summed E-state index contributed by atoms with van der Waals surface area (Å²) in [5, 5.41) is 5.75. The maximum atomic E-state index is 12.6. The first-order valence-corrected chi connectivity index (χ1v) is 10.3. The summed E-state index contributed by atoms with van der Waals surface area (Å²) in [6.45, 7) is 9.24. The van der Waals surface area contributed by atoms with Crippen molar-refractivity contribution in [3.63, 3.8) is 0 Å². The van der Waals surface area contributed by atoms with E-state index in [1.54, 1.807) is 13.8 Å². The van der Waals surface area contributed by atoms with Gasteiger partial charge in [0.2, 0.25) is 11.8 Å². The molecule has 1 heterocycles. The van der Waals surface area contributed by atoms with Gasteiger partial charge < -0.3 is 20.4 Å². The van der Waals surface area contributed by atoms with E-state index >= 15 is 0 Å². The second kappa shape index (κ2) is 9.92. The van der Waals surface area contributed by atoms with Gasteiger partial charge in [0.15, 0.2) is 0 Å². The quantitative estimate of drug-likeness (QED) is 0.531. The summed E-state index contributed by atoms with van der Waals surface area (Å²) in [6.07, 6.45) is 3.29. The number of nitrogens with zero attached hydrogens (tertiary/aromatic N) is 2. The Morgan fingerprint density at radius 3 is 2.29 bits per heavy atom. The van der Waals surface area contributed by atoms with E-state index in [0.29, 0.717) is 12.2 Å². The van der Waals surface area contributed by atoms with E-state index in [1.807, 2.05) is 38.4 Å². The molecule has 1 aliphatic heterocycles. The second-order valence-corrected chi connectivity index (χ2v) is 8.71. The molecule has 6 heteroatoms. The van der Waals surface area contributed by atoms with Gasteiger partial charge in [-0.15, -0.1) is 0 Å². The maximum Gasteiger partial charge on any atom is 0.239 e. The average molecular weight is 389 g/mol. The molecule has 0 aromatic heterocycles. The molecule has 0 aliphatic carbocycles. The molecule has 0 bridgehead atoms. The lowest BCUT2D eigenvalue weighted by molar-refractivity contribution is -0.138. The zero-order valence-corrected chi connectivity index (χ0v) is 18.0. The molecule has 28 heavy (non-hydrogen) atoms. The number of anilines is 2. The number of carbonyl (C=O) groups excluding carboxylic acids is 2. The van der Waals surface area contributed by atoms with Crippen molar-refractivity contribution in [1.29, 1.82) is 0 Å². The van der Waals surface area contributed by atoms with E-state index in [0.717, 1.165) is 32.0 Å². The molecule has 2 amide bonds. The van der Waals surface area contributed by atoms with Crippen molar-refractivity contribution < 1.29 is 9.59 Å². The van der Waals surface area contributed by atoms with Crippen LogP contribution in [0.3, 0.4) is 0 Å². The first-order chi connectivity index (χ1) is 13.2. The molecule has 1 fully saturated rings. The molecule has 156 valence electrons. The number of hydrogen-bond donors (Lipinski definition) is 2. The molecule has 1 aliphatic rings. The van der Waals surface area contributed by atoms with Gasteiger partial charge in [0, 0.05) is 31.0 Å². The van der Waals surface area contributed by atoms with Gasteiger partial charge in [-0.1, -0.05) is 6.92 Å². The lowest BCUT2D eigenvalue weighted by atomic mass is 9.91. The molecule has 1 aromatic rings. The highest BCUT2D eigenvalue weighted by molar-refractivity contribution is 6.09. The van der Waals surface area contributed by atoms with E-state index in [4.69, 9.17) is 0 Å². The fourth-order valence-corrected chi connectivity index (χ4v) is 3.23. The van der Waals surface area contributed by atoms with Crippen LogP contribution in [0, 0.1) is 11.3 Å². The average Bonchev–Trinajstić information content (AvgIpc) is 2.66. The Labute approximate surface area is 169 Å². The van der Waals surface area contributed by atoms with Crippen LogP contribution in [-0.2, 0) is 9.59 Å². The number of carbonyl (C=O) groups is 2. The van der Waals surface area contributed by atoms with Gasteiger partial charge in [0.05, 0.1) is 0 Å². The van der Waals surface area contributed by atoms with E-state index in [9.17, 15) is 9.59 Å². The lowest BCUT2D eigenvalue weighted by Crippen LogP contribution is -2.45. The van der Waals surface area contributed by atoms with Crippen LogP contribution in [-0.4, -0.2) is 57.0 Å². The summed E-state index contributed by atoms with van der Waals surface area (Å²) in [5.41, 5.74) is 0.773. The minimum Gasteiger partial charge on any atom is -0.372 e. The van der Waals surface area contributed by atoms with Gasteiger partial charge in [0.25, 0.3) is 0 Å². The fourth-order valence-electron chi connectivity index (χ4n) is 3.23. The highest BCUT2D eigenvalue weighted by Crippen LogP contribution is 2.25. The summed E-state index contributed by atoms with van der Waals surface area (Å²) in [6, 6.07) is 7.91. The van der Waals surface area contributed by atoms with E-state index in [1.165, 1.54) is 18.5 Å². The van der Waals surface area contributed by atoms with Crippen LogP contribution in [0.2, 0.25) is 0 Å². The largest absolute Gasteiger partial charge is 0.372 e. The highest BCUT2D eigenvalue weighted by Gasteiger charge is 2.35. The minimum atomic E-state index is -1.13. The van der Waals surface area contributed by atoms with Gasteiger partial charge in [-0.05, 0) is 83.9 Å². The molecular formula is C22H36N4O2. The SMILES string of the molecule is CC1CCN(c2ccc(NC(=O)C(C)(C)C(=O)NCCCN(C)C)cc2)CC1. The fraction of sp³-hybridized carbons (Fsp3) is 0.636. The van der Waals surface area contributed by atoms with Crippen LogP contribution in [0.15, 0.2) is 24.3 Å². The zero-order valence-electron chi connectivity index (χ0n) is 18.0. The van der Waals surface area contributed by atoms with Crippen molar-refractivity contribution >= 4 is 23.2 Å². The summed E-state index contributed by atoms with van der Waals surface area (Å²) in [4.78, 5) is 29.5. The van der Waals surface area contributed by atoms with Gasteiger partial charge in [-0.3, -0.25) is 9.59 Å². The van der Waals surface area contributed by atoms with E-state index in [-0.39, 0.29) is 11.8 Å². The third kappa shape index (κ3) is 6.23. The Morgan fingerprint density at radius 2 is 1.71 bits per heavy atom. The minimum absolute atomic E-state index is 0.247. The molecule has 0 unspecified atom stereocenters. The number of piperidine rings is 1. The summed E-state index contributed by atoms with van der Waals surface area (Å²) >= 11 is 0. The summed E-state index contributed by atoms with van der Waals surface area (Å²) < 4.78 is 0. The first kappa shape index (κ1) is 22.2. The molecule has 0 saturated carbocycles. The Hall–Kier alpha value is -2.08. The van der Waals surface area contributed by atoms with Crippen molar-refractivity contribution in [2.24, 2.45) is 11.3 Å². The predicted octanol–water partition coefficient (Wildman–Crippen LogP) is 2.96. The van der Waals surface area contributed by atoms with Crippen LogP contribution < -0.4 is 15.5 Å². The molecule has 0 atom stereocenters. The van der Waals surface area contributed by atoms with Crippen molar-refractivity contribution in [3.05, 3.63) is 24.3 Å². The van der Waals surface area contributed by atoms with E-state index in [2.05, 4.69) is 27.4 Å². The van der Waals surface area contributed by atoms with E-state index < -0.39 is 5.41 Å². The van der Waals surface area contributed by atoms with Crippen molar-refractivity contribution in [1.82, 2.24) is 10.2 Å². The molecular weight excluding hydrogens is 352 g/mol. The predicted molar refractivity (Wildman–Crippen MR) is 116 cm³/mol. The van der Waals surface area contributed by atoms with Crippen LogP contribution in [0.25, 0.3) is 0 Å². The smallest absolute Gasteiger partial charge is 0.239 e. The molecule has 2 N–H and O–H groups in total. The monoisotopic (exact) mass is 388 g/mol. The van der Waals surface area contributed by atoms with Crippen molar-refractivity contribution in [2.75, 3.05) is 50.5 Å². The van der Waals surface area contributed by atoms with Crippen LogP contribution in [0.5, 0.6) is 0 Å². The number of benzene rings is 1. The lowest BCUT2D eigenvalue weighted by Gasteiger charge is -2.32. The molecule has 1 aromatic carbocycles. The first-order valence-electron chi connectivity index (χ1n) is 10.3. The third-order valence-corrected chi connectivity index (χ3v) is 5.48. The van der Waals surface area contributed by atoms with Gasteiger partial charge in [-0.25, -0.2) is 0 Å². The number of hydrogen-bond acceptors (Lipinski definition) is 4.